The van der Waals surface area contributed by atoms with Crippen molar-refractivity contribution in [1.29, 1.82) is 0 Å². The highest BCUT2D eigenvalue weighted by atomic mass is 19.1. The van der Waals surface area contributed by atoms with Gasteiger partial charge in [0.2, 0.25) is 11.8 Å². The van der Waals surface area contributed by atoms with Crippen LogP contribution in [0.1, 0.15) is 54.7 Å². The molecule has 2 amide bonds. The topological polar surface area (TPSA) is 53.5 Å². The number of carbonyl (C=O) groups excluding carboxylic acids is 2. The average molecular weight is 422 g/mol. The third-order valence-electron chi connectivity index (χ3n) is 7.30. The Kier molecular flexibility index (Phi) is 5.24. The largest absolute Gasteiger partial charge is 0.337 e. The summed E-state index contributed by atoms with van der Waals surface area (Å²) < 4.78 is 13.7. The minimum Gasteiger partial charge on any atom is -0.337 e. The van der Waals surface area contributed by atoms with E-state index < -0.39 is 0 Å². The molecule has 4 heterocycles. The molecule has 1 aromatic heterocycles. The Labute approximate surface area is 182 Å². The van der Waals surface area contributed by atoms with Gasteiger partial charge in [-0.1, -0.05) is 18.2 Å². The highest BCUT2D eigenvalue weighted by Gasteiger charge is 2.47. The lowest BCUT2D eigenvalue weighted by atomic mass is 9.84. The highest BCUT2D eigenvalue weighted by molar-refractivity contribution is 5.89. The number of amides is 2. The number of aromatic nitrogens is 1. The van der Waals surface area contributed by atoms with Crippen molar-refractivity contribution in [2.75, 3.05) is 6.54 Å². The van der Waals surface area contributed by atoms with Crippen molar-refractivity contribution in [2.24, 2.45) is 5.92 Å². The number of likely N-dealkylation sites (tertiary alicyclic amines) is 1. The molecule has 5 nitrogen and oxygen atoms in total. The molecule has 31 heavy (non-hydrogen) atoms. The third-order valence-corrected chi connectivity index (χ3v) is 7.30. The van der Waals surface area contributed by atoms with E-state index >= 15 is 0 Å². The SMILES string of the molecule is Cc1cc(C2C[C@H]3CC[C@@H](C2)N3C(=O)C2CC(=O)N(Cc3cccnc3)C2)ccc1F. The summed E-state index contributed by atoms with van der Waals surface area (Å²) in [5, 5.41) is 0. The summed E-state index contributed by atoms with van der Waals surface area (Å²) in [6, 6.07) is 9.69. The zero-order chi connectivity index (χ0) is 21.5. The Hall–Kier alpha value is -2.76. The molecule has 3 aliphatic rings. The van der Waals surface area contributed by atoms with E-state index in [9.17, 15) is 14.0 Å². The monoisotopic (exact) mass is 421 g/mol. The smallest absolute Gasteiger partial charge is 0.228 e. The van der Waals surface area contributed by atoms with Gasteiger partial charge in [0.25, 0.3) is 0 Å². The van der Waals surface area contributed by atoms with Crippen LogP contribution in [-0.4, -0.2) is 45.2 Å². The van der Waals surface area contributed by atoms with E-state index in [1.165, 1.54) is 5.56 Å². The third kappa shape index (κ3) is 3.84. The number of pyridine rings is 1. The molecule has 3 saturated heterocycles. The maximum absolute atomic E-state index is 13.7. The van der Waals surface area contributed by atoms with Crippen molar-refractivity contribution < 1.29 is 14.0 Å². The van der Waals surface area contributed by atoms with E-state index in [2.05, 4.69) is 9.88 Å². The van der Waals surface area contributed by atoms with Crippen molar-refractivity contribution in [3.8, 4) is 0 Å². The second-order valence-electron chi connectivity index (χ2n) is 9.34. The van der Waals surface area contributed by atoms with Crippen molar-refractivity contribution in [3.05, 3.63) is 65.2 Å². The number of fused-ring (bicyclic) bond motifs is 2. The van der Waals surface area contributed by atoms with Gasteiger partial charge in [-0.15, -0.1) is 0 Å². The van der Waals surface area contributed by atoms with Gasteiger partial charge in [-0.2, -0.15) is 0 Å². The van der Waals surface area contributed by atoms with E-state index in [4.69, 9.17) is 0 Å². The van der Waals surface area contributed by atoms with Crippen molar-refractivity contribution >= 4 is 11.8 Å². The molecule has 0 spiro atoms. The first-order valence-corrected chi connectivity index (χ1v) is 11.2. The first kappa shape index (κ1) is 20.2. The van der Waals surface area contributed by atoms with Crippen LogP contribution in [0, 0.1) is 18.7 Å². The molecule has 2 unspecified atom stereocenters. The van der Waals surface area contributed by atoms with Crippen molar-refractivity contribution in [2.45, 2.75) is 63.6 Å². The number of nitrogens with zero attached hydrogens (tertiary/aromatic N) is 3. The molecule has 6 heteroatoms. The number of carbonyl (C=O) groups is 2. The van der Waals surface area contributed by atoms with Crippen LogP contribution in [0.3, 0.4) is 0 Å². The van der Waals surface area contributed by atoms with Crippen LogP contribution in [0.2, 0.25) is 0 Å². The van der Waals surface area contributed by atoms with Crippen LogP contribution in [0.25, 0.3) is 0 Å². The summed E-state index contributed by atoms with van der Waals surface area (Å²) in [5.41, 5.74) is 2.85. The molecule has 3 fully saturated rings. The van der Waals surface area contributed by atoms with Gasteiger partial charge in [0.1, 0.15) is 5.82 Å². The second kappa shape index (κ2) is 8.06. The Bertz CT molecular complexity index is 982. The van der Waals surface area contributed by atoms with E-state index in [0.717, 1.165) is 31.2 Å². The van der Waals surface area contributed by atoms with E-state index in [1.807, 2.05) is 24.3 Å². The summed E-state index contributed by atoms with van der Waals surface area (Å²) in [5.74, 6) is 0.139. The number of benzene rings is 1. The molecule has 1 aromatic carbocycles. The van der Waals surface area contributed by atoms with Crippen LogP contribution in [0.4, 0.5) is 4.39 Å². The maximum atomic E-state index is 13.7. The van der Waals surface area contributed by atoms with Crippen molar-refractivity contribution in [1.82, 2.24) is 14.8 Å². The zero-order valence-corrected chi connectivity index (χ0v) is 17.8. The molecule has 0 radical (unpaired) electrons. The molecule has 0 aliphatic carbocycles. The standard InChI is InChI=1S/C25H28FN3O2/c1-16-9-18(4-7-23(16)26)19-10-21-5-6-22(11-19)29(21)25(31)20-12-24(30)28(15-20)14-17-3-2-8-27-13-17/h2-4,7-9,13,19-22H,5-6,10-12,14-15H2,1H3/t19?,20?,21-,22+. The lowest BCUT2D eigenvalue weighted by Gasteiger charge is -2.40. The number of piperidine rings is 1. The second-order valence-corrected chi connectivity index (χ2v) is 9.34. The number of hydrogen-bond donors (Lipinski definition) is 0. The molecule has 4 atom stereocenters. The van der Waals surface area contributed by atoms with E-state index in [-0.39, 0.29) is 35.6 Å². The quantitative estimate of drug-likeness (QED) is 0.754. The fraction of sp³-hybridized carbons (Fsp3) is 0.480. The van der Waals surface area contributed by atoms with Crippen LogP contribution >= 0.6 is 0 Å². The summed E-state index contributed by atoms with van der Waals surface area (Å²) in [7, 11) is 0. The Morgan fingerprint density at radius 2 is 1.97 bits per heavy atom. The van der Waals surface area contributed by atoms with Crippen LogP contribution < -0.4 is 0 Å². The molecule has 2 bridgehead atoms. The maximum Gasteiger partial charge on any atom is 0.228 e. The van der Waals surface area contributed by atoms with Crippen molar-refractivity contribution in [3.63, 3.8) is 0 Å². The fourth-order valence-electron chi connectivity index (χ4n) is 5.74. The zero-order valence-electron chi connectivity index (χ0n) is 17.8. The van der Waals surface area contributed by atoms with E-state index in [1.54, 1.807) is 30.3 Å². The first-order valence-electron chi connectivity index (χ1n) is 11.2. The van der Waals surface area contributed by atoms with Gasteiger partial charge in [0.15, 0.2) is 0 Å². The number of halogens is 1. The first-order chi connectivity index (χ1) is 15.0. The normalized spacial score (nSPS) is 27.7. The number of hydrogen-bond acceptors (Lipinski definition) is 3. The van der Waals surface area contributed by atoms with Gasteiger partial charge < -0.3 is 9.80 Å². The molecular formula is C25H28FN3O2. The van der Waals surface area contributed by atoms with Gasteiger partial charge in [0.05, 0.1) is 5.92 Å². The van der Waals surface area contributed by atoms with Crippen LogP contribution in [0.5, 0.6) is 0 Å². The molecule has 2 aromatic rings. The minimum absolute atomic E-state index is 0.0474. The molecule has 162 valence electrons. The molecule has 0 N–H and O–H groups in total. The summed E-state index contributed by atoms with van der Waals surface area (Å²) in [6.45, 7) is 2.80. The van der Waals surface area contributed by atoms with Gasteiger partial charge in [-0.3, -0.25) is 14.6 Å². The Balaban J connectivity index is 1.26. The average Bonchev–Trinajstić information content (AvgIpc) is 3.26. The Morgan fingerprint density at radius 3 is 2.65 bits per heavy atom. The van der Waals surface area contributed by atoms with Gasteiger partial charge >= 0.3 is 0 Å². The molecule has 5 rings (SSSR count). The lowest BCUT2D eigenvalue weighted by Crippen LogP contribution is -2.48. The number of aryl methyl sites for hydroxylation is 1. The predicted octanol–water partition coefficient (Wildman–Crippen LogP) is 3.81. The van der Waals surface area contributed by atoms with Crippen LogP contribution in [0.15, 0.2) is 42.7 Å². The molecule has 0 saturated carbocycles. The molecule has 3 aliphatic heterocycles. The lowest BCUT2D eigenvalue weighted by molar-refractivity contribution is -0.140. The van der Waals surface area contributed by atoms with Gasteiger partial charge in [-0.05, 0) is 67.3 Å². The number of rotatable bonds is 4. The van der Waals surface area contributed by atoms with E-state index in [0.29, 0.717) is 31.0 Å². The summed E-state index contributed by atoms with van der Waals surface area (Å²) >= 11 is 0. The summed E-state index contributed by atoms with van der Waals surface area (Å²) in [4.78, 5) is 34.0. The highest BCUT2D eigenvalue weighted by Crippen LogP contribution is 2.44. The Morgan fingerprint density at radius 1 is 1.19 bits per heavy atom. The van der Waals surface area contributed by atoms with Gasteiger partial charge in [0, 0.05) is 44.0 Å². The molecular weight excluding hydrogens is 393 g/mol. The summed E-state index contributed by atoms with van der Waals surface area (Å²) in [6.07, 6.45) is 7.68. The van der Waals surface area contributed by atoms with Crippen LogP contribution in [-0.2, 0) is 16.1 Å². The predicted molar refractivity (Wildman–Crippen MR) is 115 cm³/mol. The minimum atomic E-state index is -0.253. The fourth-order valence-corrected chi connectivity index (χ4v) is 5.74. The van der Waals surface area contributed by atoms with Gasteiger partial charge in [-0.25, -0.2) is 4.39 Å².